The molecule has 0 aliphatic heterocycles. The number of methoxy groups -OCH3 is 2. The maximum Gasteiger partial charge on any atom is 0.144 e. The molecule has 0 spiro atoms. The first-order valence-corrected chi connectivity index (χ1v) is 15.6. The molecule has 1 N–H and O–H groups in total. The van der Waals surface area contributed by atoms with Crippen molar-refractivity contribution in [1.82, 2.24) is 0 Å². The van der Waals surface area contributed by atoms with Crippen molar-refractivity contribution in [2.75, 3.05) is 14.2 Å². The molecular weight excluding hydrogens is 584 g/mol. The summed E-state index contributed by atoms with van der Waals surface area (Å²) in [5.74, 6) is 2.34. The van der Waals surface area contributed by atoms with Crippen LogP contribution in [0, 0.1) is 0 Å². The molecule has 6 aromatic carbocycles. The lowest BCUT2D eigenvalue weighted by Gasteiger charge is -2.36. The summed E-state index contributed by atoms with van der Waals surface area (Å²) in [6.07, 6.45) is 0. The fourth-order valence-corrected chi connectivity index (χ4v) is 5.86. The highest BCUT2D eigenvalue weighted by molar-refractivity contribution is 5.66. The summed E-state index contributed by atoms with van der Waals surface area (Å²) < 4.78 is 24.2. The van der Waals surface area contributed by atoms with Gasteiger partial charge >= 0.3 is 0 Å². The van der Waals surface area contributed by atoms with Crippen molar-refractivity contribution in [2.24, 2.45) is 0 Å². The molecule has 0 atom stereocenters. The van der Waals surface area contributed by atoms with Crippen molar-refractivity contribution >= 4 is 0 Å². The SMILES string of the molecule is COc1ccc(C(OCc2cccc(-c3cccc(OCc4cccc(CO)c4)c3)c2)(c2ccccc2)c2ccc(OC)cc2)cc1. The van der Waals surface area contributed by atoms with Gasteiger partial charge in [0.1, 0.15) is 29.5 Å². The predicted octanol–water partition coefficient (Wildman–Crippen LogP) is 8.95. The van der Waals surface area contributed by atoms with E-state index in [9.17, 15) is 5.11 Å². The summed E-state index contributed by atoms with van der Waals surface area (Å²) in [5, 5.41) is 9.47. The number of hydrogen-bond donors (Lipinski definition) is 1. The van der Waals surface area contributed by atoms with E-state index in [0.717, 1.165) is 61.8 Å². The Balaban J connectivity index is 1.31. The van der Waals surface area contributed by atoms with Crippen molar-refractivity contribution in [3.63, 3.8) is 0 Å². The van der Waals surface area contributed by atoms with Gasteiger partial charge in [-0.1, -0.05) is 109 Å². The lowest BCUT2D eigenvalue weighted by Crippen LogP contribution is -2.32. The molecule has 0 aromatic heterocycles. The van der Waals surface area contributed by atoms with Crippen LogP contribution < -0.4 is 14.2 Å². The lowest BCUT2D eigenvalue weighted by atomic mass is 9.80. The highest BCUT2D eigenvalue weighted by Gasteiger charge is 2.38. The minimum absolute atomic E-state index is 0.00996. The number of benzene rings is 6. The third-order valence-corrected chi connectivity index (χ3v) is 8.30. The lowest BCUT2D eigenvalue weighted by molar-refractivity contribution is 0.000209. The zero-order valence-electron chi connectivity index (χ0n) is 26.6. The molecule has 0 unspecified atom stereocenters. The van der Waals surface area contributed by atoms with E-state index < -0.39 is 5.60 Å². The van der Waals surface area contributed by atoms with Crippen LogP contribution in [0.4, 0.5) is 0 Å². The predicted molar refractivity (Wildman–Crippen MR) is 186 cm³/mol. The maximum absolute atomic E-state index is 9.47. The monoisotopic (exact) mass is 622 g/mol. The van der Waals surface area contributed by atoms with Crippen LogP contribution in [-0.2, 0) is 30.2 Å². The average molecular weight is 623 g/mol. The summed E-state index contributed by atoms with van der Waals surface area (Å²) >= 11 is 0. The summed E-state index contributed by atoms with van der Waals surface area (Å²) in [6, 6.07) is 50.8. The number of rotatable bonds is 13. The van der Waals surface area contributed by atoms with Crippen LogP contribution >= 0.6 is 0 Å². The van der Waals surface area contributed by atoms with E-state index in [0.29, 0.717) is 13.2 Å². The van der Waals surface area contributed by atoms with Crippen LogP contribution in [0.15, 0.2) is 152 Å². The molecule has 5 nitrogen and oxygen atoms in total. The zero-order chi connectivity index (χ0) is 32.5. The van der Waals surface area contributed by atoms with Crippen LogP contribution in [0.3, 0.4) is 0 Å². The van der Waals surface area contributed by atoms with Crippen molar-refractivity contribution in [3.05, 3.63) is 185 Å². The van der Waals surface area contributed by atoms with E-state index in [1.165, 1.54) is 0 Å². The molecular formula is C42H38O5. The van der Waals surface area contributed by atoms with E-state index in [4.69, 9.17) is 18.9 Å². The van der Waals surface area contributed by atoms with E-state index in [1.807, 2.05) is 78.9 Å². The molecule has 5 heteroatoms. The smallest absolute Gasteiger partial charge is 0.144 e. The fourth-order valence-electron chi connectivity index (χ4n) is 5.86. The molecule has 0 aliphatic carbocycles. The van der Waals surface area contributed by atoms with Gasteiger partial charge in [0.25, 0.3) is 0 Å². The second kappa shape index (κ2) is 14.8. The molecule has 0 fully saturated rings. The van der Waals surface area contributed by atoms with E-state index in [-0.39, 0.29) is 6.61 Å². The molecule has 0 radical (unpaired) electrons. The normalized spacial score (nSPS) is 11.2. The van der Waals surface area contributed by atoms with Gasteiger partial charge in [-0.15, -0.1) is 0 Å². The van der Waals surface area contributed by atoms with Gasteiger partial charge in [0.15, 0.2) is 0 Å². The standard InChI is InChI=1S/C42H38O5/c1-44-39-21-17-37(18-22-39)42(36-14-4-3-5-15-36,38-19-23-40(45-2)24-20-38)47-30-33-11-7-12-34(26-33)35-13-8-16-41(27-35)46-29-32-10-6-9-31(25-32)28-43/h3-27,43H,28-30H2,1-2H3. The summed E-state index contributed by atoms with van der Waals surface area (Å²) in [4.78, 5) is 0. The first kappa shape index (κ1) is 31.6. The average Bonchev–Trinajstić information content (AvgIpc) is 3.15. The molecule has 0 saturated carbocycles. The molecule has 0 amide bonds. The molecule has 0 bridgehead atoms. The van der Waals surface area contributed by atoms with Crippen LogP contribution in [0.5, 0.6) is 17.2 Å². The molecule has 6 rings (SSSR count). The van der Waals surface area contributed by atoms with Crippen molar-refractivity contribution in [1.29, 1.82) is 0 Å². The molecule has 47 heavy (non-hydrogen) atoms. The van der Waals surface area contributed by atoms with Gasteiger partial charge in [-0.05, 0) is 87.0 Å². The minimum atomic E-state index is -0.906. The first-order valence-electron chi connectivity index (χ1n) is 15.6. The van der Waals surface area contributed by atoms with Crippen molar-refractivity contribution < 1.29 is 24.1 Å². The third-order valence-electron chi connectivity index (χ3n) is 8.30. The number of aliphatic hydroxyl groups excluding tert-OH is 1. The minimum Gasteiger partial charge on any atom is -0.497 e. The molecule has 236 valence electrons. The number of ether oxygens (including phenoxy) is 4. The summed E-state index contributed by atoms with van der Waals surface area (Å²) in [6.45, 7) is 0.789. The Labute approximate surface area is 276 Å². The second-order valence-electron chi connectivity index (χ2n) is 11.3. The Kier molecular flexibility index (Phi) is 9.97. The molecule has 0 aliphatic rings. The van der Waals surface area contributed by atoms with Gasteiger partial charge < -0.3 is 24.1 Å². The highest BCUT2D eigenvalue weighted by Crippen LogP contribution is 2.42. The van der Waals surface area contributed by atoms with Crippen LogP contribution in [0.1, 0.15) is 33.4 Å². The number of hydrogen-bond acceptors (Lipinski definition) is 5. The molecule has 0 heterocycles. The van der Waals surface area contributed by atoms with Crippen LogP contribution in [0.25, 0.3) is 11.1 Å². The Morgan fingerprint density at radius 2 is 1.00 bits per heavy atom. The Morgan fingerprint density at radius 1 is 0.468 bits per heavy atom. The molecule has 0 saturated heterocycles. The fraction of sp³-hybridized carbons (Fsp3) is 0.143. The Bertz CT molecular complexity index is 1830. The van der Waals surface area contributed by atoms with E-state index in [1.54, 1.807) is 14.2 Å². The van der Waals surface area contributed by atoms with E-state index >= 15 is 0 Å². The zero-order valence-corrected chi connectivity index (χ0v) is 26.6. The molecule has 6 aromatic rings. The van der Waals surface area contributed by atoms with Gasteiger partial charge in [0.2, 0.25) is 0 Å². The Hall–Kier alpha value is -5.36. The largest absolute Gasteiger partial charge is 0.497 e. The van der Waals surface area contributed by atoms with Crippen molar-refractivity contribution in [3.8, 4) is 28.4 Å². The third kappa shape index (κ3) is 7.23. The van der Waals surface area contributed by atoms with Crippen LogP contribution in [-0.4, -0.2) is 19.3 Å². The maximum atomic E-state index is 9.47. The quantitative estimate of drug-likeness (QED) is 0.130. The van der Waals surface area contributed by atoms with Crippen LogP contribution in [0.2, 0.25) is 0 Å². The van der Waals surface area contributed by atoms with E-state index in [2.05, 4.69) is 72.8 Å². The first-order chi connectivity index (χ1) is 23.1. The van der Waals surface area contributed by atoms with Crippen molar-refractivity contribution in [2.45, 2.75) is 25.4 Å². The van der Waals surface area contributed by atoms with Gasteiger partial charge in [-0.2, -0.15) is 0 Å². The van der Waals surface area contributed by atoms with Gasteiger partial charge in [0, 0.05) is 0 Å². The summed E-state index contributed by atoms with van der Waals surface area (Å²) in [5.41, 5.74) is 7.12. The second-order valence-corrected chi connectivity index (χ2v) is 11.3. The van der Waals surface area contributed by atoms with Gasteiger partial charge in [-0.3, -0.25) is 0 Å². The van der Waals surface area contributed by atoms with Gasteiger partial charge in [-0.25, -0.2) is 0 Å². The van der Waals surface area contributed by atoms with Gasteiger partial charge in [0.05, 0.1) is 27.4 Å². The number of aliphatic hydroxyl groups is 1. The summed E-state index contributed by atoms with van der Waals surface area (Å²) in [7, 11) is 3.34. The topological polar surface area (TPSA) is 57.2 Å². The highest BCUT2D eigenvalue weighted by atomic mass is 16.5. The Morgan fingerprint density at radius 3 is 1.62 bits per heavy atom.